The van der Waals surface area contributed by atoms with E-state index in [9.17, 15) is 14.4 Å². The summed E-state index contributed by atoms with van der Waals surface area (Å²) in [6.45, 7) is 2.51. The summed E-state index contributed by atoms with van der Waals surface area (Å²) in [4.78, 5) is 39.6. The molecule has 1 unspecified atom stereocenters. The Morgan fingerprint density at radius 1 is 1.09 bits per heavy atom. The Kier molecular flexibility index (Phi) is 7.02. The Bertz CT molecular complexity index is 1300. The van der Waals surface area contributed by atoms with Crippen LogP contribution in [-0.2, 0) is 29.0 Å². The summed E-state index contributed by atoms with van der Waals surface area (Å²) in [5.41, 5.74) is 1.06. The summed E-state index contributed by atoms with van der Waals surface area (Å²) in [5, 5.41) is 3.08. The van der Waals surface area contributed by atoms with Gasteiger partial charge in [-0.05, 0) is 43.0 Å². The molecule has 1 fully saturated rings. The molecule has 1 atom stereocenters. The van der Waals surface area contributed by atoms with E-state index in [0.717, 1.165) is 29.4 Å². The highest BCUT2D eigenvalue weighted by atomic mass is 16.5. The molecule has 3 aromatic rings. The van der Waals surface area contributed by atoms with E-state index < -0.39 is 11.2 Å². The average molecular weight is 468 g/mol. The van der Waals surface area contributed by atoms with E-state index in [4.69, 9.17) is 14.2 Å². The van der Waals surface area contributed by atoms with Crippen molar-refractivity contribution in [2.45, 2.75) is 45.4 Å². The van der Waals surface area contributed by atoms with Gasteiger partial charge in [-0.3, -0.25) is 18.7 Å². The van der Waals surface area contributed by atoms with Crippen LogP contribution in [0.5, 0.6) is 11.5 Å². The van der Waals surface area contributed by atoms with Crippen LogP contribution in [0.3, 0.4) is 0 Å². The zero-order valence-corrected chi connectivity index (χ0v) is 19.6. The van der Waals surface area contributed by atoms with Crippen molar-refractivity contribution in [2.24, 2.45) is 0 Å². The van der Waals surface area contributed by atoms with Crippen molar-refractivity contribution >= 4 is 22.5 Å². The summed E-state index contributed by atoms with van der Waals surface area (Å²) < 4.78 is 18.8. The van der Waals surface area contributed by atoms with E-state index in [1.165, 1.54) is 18.8 Å². The van der Waals surface area contributed by atoms with Gasteiger partial charge in [-0.25, -0.2) is 4.79 Å². The number of ether oxygens (including phenoxy) is 3. The molecule has 2 aromatic carbocycles. The lowest BCUT2D eigenvalue weighted by Crippen LogP contribution is -2.43. The van der Waals surface area contributed by atoms with Gasteiger partial charge in [0.2, 0.25) is 5.91 Å². The quantitative estimate of drug-likeness (QED) is 0.547. The van der Waals surface area contributed by atoms with E-state index >= 15 is 0 Å². The molecular formula is C25H29N3O6. The number of benzene rings is 2. The van der Waals surface area contributed by atoms with Gasteiger partial charge < -0.3 is 19.5 Å². The normalized spacial score (nSPS) is 15.4. The lowest BCUT2D eigenvalue weighted by atomic mass is 10.1. The Morgan fingerprint density at radius 3 is 2.41 bits per heavy atom. The van der Waals surface area contributed by atoms with Crippen LogP contribution < -0.4 is 26.0 Å². The third-order valence-electron chi connectivity index (χ3n) is 6.09. The lowest BCUT2D eigenvalue weighted by molar-refractivity contribution is -0.116. The van der Waals surface area contributed by atoms with Crippen LogP contribution in [0.2, 0.25) is 0 Å². The number of fused-ring (bicyclic) bond motifs is 1. The highest BCUT2D eigenvalue weighted by Gasteiger charge is 2.23. The molecule has 1 amide bonds. The van der Waals surface area contributed by atoms with Crippen LogP contribution in [0.1, 0.15) is 25.3 Å². The number of carbonyl (C=O) groups is 1. The Balaban J connectivity index is 1.77. The zero-order chi connectivity index (χ0) is 24.2. The molecule has 1 N–H and O–H groups in total. The summed E-state index contributed by atoms with van der Waals surface area (Å²) in [5.74, 6) is 0.334. The van der Waals surface area contributed by atoms with Gasteiger partial charge in [-0.15, -0.1) is 0 Å². The molecule has 4 rings (SSSR count). The Labute approximate surface area is 196 Å². The molecule has 0 bridgehead atoms. The molecule has 0 spiro atoms. The van der Waals surface area contributed by atoms with Gasteiger partial charge >= 0.3 is 5.69 Å². The molecule has 1 aromatic heterocycles. The van der Waals surface area contributed by atoms with Crippen molar-refractivity contribution in [3.05, 3.63) is 62.8 Å². The smallest absolute Gasteiger partial charge is 0.332 e. The topological polar surface area (TPSA) is 101 Å². The van der Waals surface area contributed by atoms with E-state index in [2.05, 4.69) is 12.2 Å². The number of hydrogen-bond donors (Lipinski definition) is 1. The SMILES string of the molecule is CCc1ccc(NC(=O)Cn2c(=O)n(CC3CCCO3)c(=O)c3cc(OC)c(OC)cc32)cc1. The van der Waals surface area contributed by atoms with E-state index in [-0.39, 0.29) is 30.5 Å². The molecular weight excluding hydrogens is 438 g/mol. The second-order valence-electron chi connectivity index (χ2n) is 8.24. The molecule has 0 saturated carbocycles. The summed E-state index contributed by atoms with van der Waals surface area (Å²) in [6, 6.07) is 10.6. The minimum atomic E-state index is -0.572. The molecule has 180 valence electrons. The molecule has 1 aliphatic heterocycles. The number of hydrogen-bond acceptors (Lipinski definition) is 6. The van der Waals surface area contributed by atoms with Crippen molar-refractivity contribution in [2.75, 3.05) is 26.1 Å². The van der Waals surface area contributed by atoms with Crippen LogP contribution >= 0.6 is 0 Å². The average Bonchev–Trinajstić information content (AvgIpc) is 3.37. The third kappa shape index (κ3) is 4.70. The van der Waals surface area contributed by atoms with Crippen LogP contribution in [0.4, 0.5) is 5.69 Å². The molecule has 34 heavy (non-hydrogen) atoms. The first kappa shape index (κ1) is 23.6. The van der Waals surface area contributed by atoms with E-state index in [1.807, 2.05) is 24.3 Å². The van der Waals surface area contributed by atoms with Crippen LogP contribution in [0.15, 0.2) is 46.0 Å². The predicted molar refractivity (Wildman–Crippen MR) is 129 cm³/mol. The van der Waals surface area contributed by atoms with Gasteiger partial charge in [0.15, 0.2) is 11.5 Å². The standard InChI is InChI=1S/C25H29N3O6/c1-4-16-7-9-17(10-8-16)26-23(29)15-27-20-13-22(33-3)21(32-2)12-19(20)24(30)28(25(27)31)14-18-6-5-11-34-18/h7-10,12-13,18H,4-6,11,14-15H2,1-3H3,(H,26,29). The number of aromatic nitrogens is 2. The van der Waals surface area contributed by atoms with Crippen molar-refractivity contribution in [3.63, 3.8) is 0 Å². The van der Waals surface area contributed by atoms with Gasteiger partial charge in [0.25, 0.3) is 5.56 Å². The number of anilines is 1. The molecule has 1 aliphatic rings. The first-order chi connectivity index (χ1) is 16.4. The Morgan fingerprint density at radius 2 is 1.79 bits per heavy atom. The fourth-order valence-corrected chi connectivity index (χ4v) is 4.22. The molecule has 2 heterocycles. The van der Waals surface area contributed by atoms with Crippen LogP contribution in [0.25, 0.3) is 10.9 Å². The van der Waals surface area contributed by atoms with Crippen LogP contribution in [0, 0.1) is 0 Å². The number of aryl methyl sites for hydroxylation is 1. The maximum atomic E-state index is 13.4. The summed E-state index contributed by atoms with van der Waals surface area (Å²) >= 11 is 0. The van der Waals surface area contributed by atoms with Gasteiger partial charge in [0, 0.05) is 18.4 Å². The number of nitrogens with zero attached hydrogens (tertiary/aromatic N) is 2. The predicted octanol–water partition coefficient (Wildman–Crippen LogP) is 2.56. The fraction of sp³-hybridized carbons (Fsp3) is 0.400. The van der Waals surface area contributed by atoms with Crippen molar-refractivity contribution in [3.8, 4) is 11.5 Å². The molecule has 1 saturated heterocycles. The number of carbonyl (C=O) groups excluding carboxylic acids is 1. The first-order valence-corrected chi connectivity index (χ1v) is 11.3. The number of nitrogens with one attached hydrogen (secondary N) is 1. The minimum absolute atomic E-state index is 0.127. The monoisotopic (exact) mass is 467 g/mol. The highest BCUT2D eigenvalue weighted by Crippen LogP contribution is 2.30. The molecule has 9 nitrogen and oxygen atoms in total. The van der Waals surface area contributed by atoms with E-state index in [1.54, 1.807) is 12.1 Å². The van der Waals surface area contributed by atoms with Crippen LogP contribution in [-0.4, -0.2) is 42.0 Å². The molecule has 9 heteroatoms. The minimum Gasteiger partial charge on any atom is -0.493 e. The third-order valence-corrected chi connectivity index (χ3v) is 6.09. The van der Waals surface area contributed by atoms with Crippen molar-refractivity contribution in [1.29, 1.82) is 0 Å². The molecule has 0 aliphatic carbocycles. The maximum absolute atomic E-state index is 13.4. The Hall–Kier alpha value is -3.59. The van der Waals surface area contributed by atoms with E-state index in [0.29, 0.717) is 29.3 Å². The second kappa shape index (κ2) is 10.1. The highest BCUT2D eigenvalue weighted by molar-refractivity contribution is 5.92. The van der Waals surface area contributed by atoms with Gasteiger partial charge in [0.05, 0.1) is 37.8 Å². The maximum Gasteiger partial charge on any atom is 0.332 e. The zero-order valence-electron chi connectivity index (χ0n) is 19.6. The van der Waals surface area contributed by atoms with Crippen molar-refractivity contribution in [1.82, 2.24) is 9.13 Å². The number of amides is 1. The van der Waals surface area contributed by atoms with Crippen molar-refractivity contribution < 1.29 is 19.0 Å². The van der Waals surface area contributed by atoms with Gasteiger partial charge in [-0.1, -0.05) is 19.1 Å². The van der Waals surface area contributed by atoms with Gasteiger partial charge in [0.1, 0.15) is 6.54 Å². The molecule has 0 radical (unpaired) electrons. The number of methoxy groups -OCH3 is 2. The van der Waals surface area contributed by atoms with Gasteiger partial charge in [-0.2, -0.15) is 0 Å². The fourth-order valence-electron chi connectivity index (χ4n) is 4.22. The second-order valence-corrected chi connectivity index (χ2v) is 8.24. The largest absolute Gasteiger partial charge is 0.493 e. The lowest BCUT2D eigenvalue weighted by Gasteiger charge is -2.18. The summed E-state index contributed by atoms with van der Waals surface area (Å²) in [7, 11) is 2.94. The number of rotatable bonds is 8. The summed E-state index contributed by atoms with van der Waals surface area (Å²) in [6.07, 6.45) is 2.32. The first-order valence-electron chi connectivity index (χ1n) is 11.3.